The van der Waals surface area contributed by atoms with Gasteiger partial charge >= 0.3 is 0 Å². The highest BCUT2D eigenvalue weighted by atomic mass is 19.1. The summed E-state index contributed by atoms with van der Waals surface area (Å²) >= 11 is 0. The molecule has 1 aliphatic rings. The predicted octanol–water partition coefficient (Wildman–Crippen LogP) is 3.40. The summed E-state index contributed by atoms with van der Waals surface area (Å²) in [6.07, 6.45) is 3.72. The molecule has 0 heterocycles. The first-order chi connectivity index (χ1) is 6.16. The van der Waals surface area contributed by atoms with Crippen LogP contribution >= 0.6 is 0 Å². The van der Waals surface area contributed by atoms with Gasteiger partial charge in [-0.3, -0.25) is 0 Å². The van der Waals surface area contributed by atoms with Gasteiger partial charge in [0.25, 0.3) is 0 Å². The van der Waals surface area contributed by atoms with E-state index in [9.17, 15) is 4.39 Å². The fourth-order valence-electron chi connectivity index (χ4n) is 1.66. The van der Waals surface area contributed by atoms with Gasteiger partial charge < -0.3 is 0 Å². The lowest BCUT2D eigenvalue weighted by atomic mass is 10.0. The molecule has 2 rings (SSSR count). The Balaban J connectivity index is 2.25. The molecular formula is C12H15F. The van der Waals surface area contributed by atoms with Crippen LogP contribution in [0.1, 0.15) is 29.5 Å². The molecule has 1 aliphatic carbocycles. The summed E-state index contributed by atoms with van der Waals surface area (Å²) in [7, 11) is 0. The molecule has 0 N–H and O–H groups in total. The van der Waals surface area contributed by atoms with Crippen LogP contribution in [0.3, 0.4) is 0 Å². The van der Waals surface area contributed by atoms with Crippen LogP contribution in [-0.2, 0) is 6.42 Å². The van der Waals surface area contributed by atoms with Crippen molar-refractivity contribution in [2.75, 3.05) is 0 Å². The first-order valence-electron chi connectivity index (χ1n) is 4.92. The summed E-state index contributed by atoms with van der Waals surface area (Å²) in [5.41, 5.74) is 3.04. The van der Waals surface area contributed by atoms with E-state index in [1.807, 2.05) is 13.8 Å². The Morgan fingerprint density at radius 3 is 2.54 bits per heavy atom. The lowest BCUT2D eigenvalue weighted by molar-refractivity contribution is 0.613. The molecule has 0 saturated heterocycles. The number of aryl methyl sites for hydroxylation is 1. The number of halogens is 1. The van der Waals surface area contributed by atoms with Crippen molar-refractivity contribution in [3.05, 3.63) is 34.6 Å². The molecule has 0 amide bonds. The molecular weight excluding hydrogens is 163 g/mol. The molecule has 1 fully saturated rings. The molecule has 0 spiro atoms. The van der Waals surface area contributed by atoms with E-state index in [1.165, 1.54) is 18.4 Å². The van der Waals surface area contributed by atoms with Crippen LogP contribution in [-0.4, -0.2) is 0 Å². The fourth-order valence-corrected chi connectivity index (χ4v) is 1.66. The topological polar surface area (TPSA) is 0 Å². The molecule has 70 valence electrons. The largest absolute Gasteiger partial charge is 0.207 e. The lowest BCUT2D eigenvalue weighted by Gasteiger charge is -2.05. The van der Waals surface area contributed by atoms with Gasteiger partial charge in [-0.25, -0.2) is 4.39 Å². The number of hydrogen-bond acceptors (Lipinski definition) is 0. The first kappa shape index (κ1) is 8.74. The van der Waals surface area contributed by atoms with E-state index in [2.05, 4.69) is 6.07 Å². The monoisotopic (exact) mass is 178 g/mol. The third-order valence-corrected chi connectivity index (χ3v) is 2.89. The van der Waals surface area contributed by atoms with Crippen molar-refractivity contribution in [3.63, 3.8) is 0 Å². The van der Waals surface area contributed by atoms with Crippen LogP contribution in [0, 0.1) is 25.6 Å². The average molecular weight is 178 g/mol. The third kappa shape index (κ3) is 1.90. The molecule has 0 atom stereocenters. The van der Waals surface area contributed by atoms with E-state index >= 15 is 0 Å². The van der Waals surface area contributed by atoms with Crippen LogP contribution in [0.15, 0.2) is 12.1 Å². The Labute approximate surface area is 78.8 Å². The minimum atomic E-state index is -0.0457. The smallest absolute Gasteiger partial charge is 0.126 e. The van der Waals surface area contributed by atoms with Crippen molar-refractivity contribution in [3.8, 4) is 0 Å². The van der Waals surface area contributed by atoms with E-state index in [0.29, 0.717) is 0 Å². The quantitative estimate of drug-likeness (QED) is 0.651. The Bertz CT molecular complexity index is 301. The van der Waals surface area contributed by atoms with Gasteiger partial charge in [0.15, 0.2) is 0 Å². The molecule has 0 nitrogen and oxygen atoms in total. The maximum absolute atomic E-state index is 13.3. The van der Waals surface area contributed by atoms with Gasteiger partial charge in [-0.15, -0.1) is 0 Å². The van der Waals surface area contributed by atoms with Gasteiger partial charge in [-0.2, -0.15) is 0 Å². The minimum Gasteiger partial charge on any atom is -0.207 e. The number of benzene rings is 1. The summed E-state index contributed by atoms with van der Waals surface area (Å²) in [4.78, 5) is 0. The lowest BCUT2D eigenvalue weighted by Crippen LogP contribution is -1.93. The van der Waals surface area contributed by atoms with Gasteiger partial charge in [0.1, 0.15) is 5.82 Å². The maximum atomic E-state index is 13.3. The molecule has 0 radical (unpaired) electrons. The summed E-state index contributed by atoms with van der Waals surface area (Å²) in [5.74, 6) is 0.789. The Morgan fingerprint density at radius 2 is 2.00 bits per heavy atom. The van der Waals surface area contributed by atoms with Crippen molar-refractivity contribution >= 4 is 0 Å². The number of rotatable bonds is 2. The highest BCUT2D eigenvalue weighted by Gasteiger charge is 2.21. The Morgan fingerprint density at radius 1 is 1.31 bits per heavy atom. The van der Waals surface area contributed by atoms with Crippen molar-refractivity contribution in [2.24, 2.45) is 5.92 Å². The van der Waals surface area contributed by atoms with Crippen LogP contribution in [0.25, 0.3) is 0 Å². The van der Waals surface area contributed by atoms with E-state index in [0.717, 1.165) is 23.5 Å². The third-order valence-electron chi connectivity index (χ3n) is 2.89. The molecule has 13 heavy (non-hydrogen) atoms. The zero-order valence-corrected chi connectivity index (χ0v) is 8.23. The molecule has 1 heteroatoms. The molecule has 0 aromatic heterocycles. The van der Waals surface area contributed by atoms with E-state index in [-0.39, 0.29) is 5.82 Å². The van der Waals surface area contributed by atoms with Crippen molar-refractivity contribution < 1.29 is 4.39 Å². The Kier molecular flexibility index (Phi) is 2.10. The molecule has 0 unspecified atom stereocenters. The summed E-state index contributed by atoms with van der Waals surface area (Å²) < 4.78 is 13.3. The van der Waals surface area contributed by atoms with Gasteiger partial charge in [0, 0.05) is 0 Å². The Hall–Kier alpha value is -0.850. The van der Waals surface area contributed by atoms with Gasteiger partial charge in [-0.1, -0.05) is 6.07 Å². The summed E-state index contributed by atoms with van der Waals surface area (Å²) in [6, 6.07) is 3.82. The predicted molar refractivity (Wildman–Crippen MR) is 52.3 cm³/mol. The van der Waals surface area contributed by atoms with Crippen molar-refractivity contribution in [1.82, 2.24) is 0 Å². The van der Waals surface area contributed by atoms with Crippen molar-refractivity contribution in [1.29, 1.82) is 0 Å². The van der Waals surface area contributed by atoms with Gasteiger partial charge in [0.2, 0.25) is 0 Å². The molecule has 0 aliphatic heterocycles. The minimum absolute atomic E-state index is 0.0457. The molecule has 1 aromatic rings. The van der Waals surface area contributed by atoms with Crippen LogP contribution in [0.5, 0.6) is 0 Å². The molecule has 0 bridgehead atoms. The van der Waals surface area contributed by atoms with E-state index in [1.54, 1.807) is 6.07 Å². The second-order valence-corrected chi connectivity index (χ2v) is 4.17. The van der Waals surface area contributed by atoms with Crippen LogP contribution < -0.4 is 0 Å². The fraction of sp³-hybridized carbons (Fsp3) is 0.500. The second kappa shape index (κ2) is 3.13. The standard InChI is InChI=1S/C12H15F/c1-8-5-11(6-10-3-4-10)7-12(13)9(8)2/h5,7,10H,3-4,6H2,1-2H3. The van der Waals surface area contributed by atoms with Gasteiger partial charge in [-0.05, 0) is 61.8 Å². The van der Waals surface area contributed by atoms with Crippen LogP contribution in [0.4, 0.5) is 4.39 Å². The van der Waals surface area contributed by atoms with Crippen LogP contribution in [0.2, 0.25) is 0 Å². The highest BCUT2D eigenvalue weighted by molar-refractivity contribution is 5.31. The average Bonchev–Trinajstić information content (AvgIpc) is 2.84. The zero-order valence-electron chi connectivity index (χ0n) is 8.23. The van der Waals surface area contributed by atoms with E-state index in [4.69, 9.17) is 0 Å². The normalized spacial score (nSPS) is 16.2. The highest BCUT2D eigenvalue weighted by Crippen LogP contribution is 2.33. The molecule has 1 saturated carbocycles. The number of hydrogen-bond donors (Lipinski definition) is 0. The maximum Gasteiger partial charge on any atom is 0.126 e. The van der Waals surface area contributed by atoms with Gasteiger partial charge in [0.05, 0.1) is 0 Å². The molecule has 1 aromatic carbocycles. The summed E-state index contributed by atoms with van der Waals surface area (Å²) in [6.45, 7) is 3.82. The summed E-state index contributed by atoms with van der Waals surface area (Å²) in [5, 5.41) is 0. The second-order valence-electron chi connectivity index (χ2n) is 4.17. The van der Waals surface area contributed by atoms with Crippen molar-refractivity contribution in [2.45, 2.75) is 33.1 Å². The zero-order chi connectivity index (χ0) is 9.42. The van der Waals surface area contributed by atoms with E-state index < -0.39 is 0 Å². The SMILES string of the molecule is Cc1cc(CC2CC2)cc(F)c1C. The first-order valence-corrected chi connectivity index (χ1v) is 4.92.